The molecular weight excluding hydrogens is 334 g/mol. The van der Waals surface area contributed by atoms with Crippen molar-refractivity contribution in [1.82, 2.24) is 0 Å². The van der Waals surface area contributed by atoms with Crippen LogP contribution in [0.15, 0.2) is 24.3 Å². The van der Waals surface area contributed by atoms with E-state index in [1.54, 1.807) is 6.07 Å². The molecule has 92 valence electrons. The number of diazo groups is 1. The fourth-order valence-electron chi connectivity index (χ4n) is 1.38. The Hall–Kier alpha value is -0.0666. The normalized spacial score (nSPS) is 7.12. The summed E-state index contributed by atoms with van der Waals surface area (Å²) in [6.45, 7) is 6.00. The zero-order valence-corrected chi connectivity index (χ0v) is 15.1. The first-order valence-electron chi connectivity index (χ1n) is 4.52. The van der Waals surface area contributed by atoms with Gasteiger partial charge in [0.1, 0.15) is 5.69 Å². The van der Waals surface area contributed by atoms with E-state index in [-0.39, 0.29) is 56.7 Å². The maximum absolute atomic E-state index is 8.76. The standard InChI is InChI=1S/C10H14N3.3ClH.Zn/c1-3-13(4-2)10-8-6-5-7-9(10)12-11;;;;/h5-8H,3-4H2,1-2H3;3*1H;/q+1;;;;+2/p-3. The van der Waals surface area contributed by atoms with Crippen molar-refractivity contribution in [3.63, 3.8) is 0 Å². The van der Waals surface area contributed by atoms with Gasteiger partial charge in [-0.3, -0.25) is 0 Å². The van der Waals surface area contributed by atoms with Crippen LogP contribution in [0, 0.1) is 5.39 Å². The fraction of sp³-hybridized carbons (Fsp3) is 0.400. The van der Waals surface area contributed by atoms with Crippen molar-refractivity contribution < 1.29 is 56.7 Å². The van der Waals surface area contributed by atoms with Crippen molar-refractivity contribution in [3.8, 4) is 0 Å². The summed E-state index contributed by atoms with van der Waals surface area (Å²) >= 11 is 0. The van der Waals surface area contributed by atoms with E-state index in [0.29, 0.717) is 5.69 Å². The van der Waals surface area contributed by atoms with Crippen molar-refractivity contribution in [2.45, 2.75) is 13.8 Å². The Kier molecular flexibility index (Phi) is 21.2. The van der Waals surface area contributed by atoms with Crippen LogP contribution in [-0.4, -0.2) is 13.1 Å². The molecule has 0 heterocycles. The number of para-hydroxylation sites is 1. The maximum Gasteiger partial charge on any atom is 2.00 e. The van der Waals surface area contributed by atoms with E-state index < -0.39 is 0 Å². The van der Waals surface area contributed by atoms with Gasteiger partial charge < -0.3 is 42.1 Å². The first kappa shape index (κ1) is 25.7. The van der Waals surface area contributed by atoms with Gasteiger partial charge in [0.2, 0.25) is 5.39 Å². The Morgan fingerprint density at radius 1 is 1.06 bits per heavy atom. The molecule has 0 aliphatic carbocycles. The summed E-state index contributed by atoms with van der Waals surface area (Å²) in [6, 6.07) is 7.57. The number of halogens is 3. The summed E-state index contributed by atoms with van der Waals surface area (Å²) < 4.78 is 0. The van der Waals surface area contributed by atoms with Gasteiger partial charge >= 0.3 is 25.2 Å². The van der Waals surface area contributed by atoms with Gasteiger partial charge in [-0.2, -0.15) is 0 Å². The third-order valence-electron chi connectivity index (χ3n) is 2.09. The van der Waals surface area contributed by atoms with E-state index in [1.807, 2.05) is 18.2 Å². The van der Waals surface area contributed by atoms with E-state index in [0.717, 1.165) is 18.8 Å². The van der Waals surface area contributed by atoms with Gasteiger partial charge in [-0.1, -0.05) is 12.1 Å². The van der Waals surface area contributed by atoms with E-state index in [9.17, 15) is 0 Å². The number of anilines is 1. The van der Waals surface area contributed by atoms with Crippen LogP contribution in [0.5, 0.6) is 0 Å². The Morgan fingerprint density at radius 3 is 1.94 bits per heavy atom. The van der Waals surface area contributed by atoms with Gasteiger partial charge in [0.15, 0.2) is 4.98 Å². The van der Waals surface area contributed by atoms with Crippen LogP contribution in [0.1, 0.15) is 13.8 Å². The number of hydrogen-bond donors (Lipinski definition) is 0. The van der Waals surface area contributed by atoms with Gasteiger partial charge in [-0.15, -0.1) is 0 Å². The second kappa shape index (κ2) is 14.0. The monoisotopic (exact) mass is 345 g/mol. The molecule has 0 fully saturated rings. The van der Waals surface area contributed by atoms with Crippen molar-refractivity contribution in [1.29, 1.82) is 5.39 Å². The van der Waals surface area contributed by atoms with E-state index in [1.165, 1.54) is 0 Å². The van der Waals surface area contributed by atoms with Crippen molar-refractivity contribution in [3.05, 3.63) is 29.2 Å². The van der Waals surface area contributed by atoms with E-state index in [4.69, 9.17) is 5.39 Å². The maximum atomic E-state index is 8.76. The number of nitrogens with zero attached hydrogens (tertiary/aromatic N) is 3. The Labute approximate surface area is 134 Å². The zero-order valence-electron chi connectivity index (χ0n) is 9.91. The predicted molar refractivity (Wildman–Crippen MR) is 54.7 cm³/mol. The first-order chi connectivity index (χ1) is 6.33. The summed E-state index contributed by atoms with van der Waals surface area (Å²) in [7, 11) is 0. The molecule has 0 aliphatic heterocycles. The second-order valence-corrected chi connectivity index (χ2v) is 2.76. The van der Waals surface area contributed by atoms with E-state index in [2.05, 4.69) is 23.7 Å². The molecule has 17 heavy (non-hydrogen) atoms. The Balaban J connectivity index is -0.000000211. The molecule has 0 bridgehead atoms. The van der Waals surface area contributed by atoms with Gasteiger partial charge in [0.05, 0.1) is 0 Å². The summed E-state index contributed by atoms with van der Waals surface area (Å²) in [5.41, 5.74) is 1.61. The predicted octanol–water partition coefficient (Wildman–Crippen LogP) is -5.97. The molecule has 0 radical (unpaired) electrons. The molecule has 1 rings (SSSR count). The molecule has 1 aromatic carbocycles. The van der Waals surface area contributed by atoms with Gasteiger partial charge in [-0.25, -0.2) is 0 Å². The molecule has 3 nitrogen and oxygen atoms in total. The van der Waals surface area contributed by atoms with Crippen LogP contribution < -0.4 is 42.1 Å². The van der Waals surface area contributed by atoms with Crippen LogP contribution in [0.4, 0.5) is 11.4 Å². The molecule has 0 saturated heterocycles. The topological polar surface area (TPSA) is 31.4 Å². The minimum absolute atomic E-state index is 0. The molecule has 7 heteroatoms. The summed E-state index contributed by atoms with van der Waals surface area (Å²) in [5, 5.41) is 8.76. The minimum Gasteiger partial charge on any atom is -1.00 e. The minimum atomic E-state index is 0. The first-order valence-corrected chi connectivity index (χ1v) is 4.52. The molecule has 0 spiro atoms. The van der Waals surface area contributed by atoms with Gasteiger partial charge in [-0.05, 0) is 19.9 Å². The SMILES string of the molecule is CCN(CC)c1ccccc1[N+]#N.[Cl-].[Cl-].[Cl-].[Zn+2]. The molecular formula is C10H14Cl3N3Zn. The average molecular weight is 348 g/mol. The largest absolute Gasteiger partial charge is 2.00 e. The number of rotatable bonds is 3. The summed E-state index contributed by atoms with van der Waals surface area (Å²) in [6.07, 6.45) is 0. The van der Waals surface area contributed by atoms with Gasteiger partial charge in [0, 0.05) is 19.2 Å². The van der Waals surface area contributed by atoms with Crippen LogP contribution in [0.2, 0.25) is 0 Å². The Morgan fingerprint density at radius 2 is 1.53 bits per heavy atom. The molecule has 0 amide bonds. The molecule has 0 aliphatic rings. The molecule has 0 saturated carbocycles. The smallest absolute Gasteiger partial charge is 1.00 e. The quantitative estimate of drug-likeness (QED) is 0.403. The van der Waals surface area contributed by atoms with Crippen molar-refractivity contribution in [2.24, 2.45) is 0 Å². The third kappa shape index (κ3) is 7.06. The van der Waals surface area contributed by atoms with Crippen molar-refractivity contribution >= 4 is 11.4 Å². The molecule has 0 unspecified atom stereocenters. The van der Waals surface area contributed by atoms with E-state index >= 15 is 0 Å². The summed E-state index contributed by atoms with van der Waals surface area (Å²) in [5.74, 6) is 0. The van der Waals surface area contributed by atoms with Crippen LogP contribution in [-0.2, 0) is 19.5 Å². The Bertz CT molecular complexity index is 327. The van der Waals surface area contributed by atoms with Crippen LogP contribution >= 0.6 is 0 Å². The average Bonchev–Trinajstić information content (AvgIpc) is 2.20. The van der Waals surface area contributed by atoms with Crippen LogP contribution in [0.3, 0.4) is 0 Å². The molecule has 0 aromatic heterocycles. The number of benzene rings is 1. The fourth-order valence-corrected chi connectivity index (χ4v) is 1.38. The van der Waals surface area contributed by atoms with Crippen molar-refractivity contribution in [2.75, 3.05) is 18.0 Å². The molecule has 1 aromatic rings. The van der Waals surface area contributed by atoms with Gasteiger partial charge in [0.25, 0.3) is 0 Å². The third-order valence-corrected chi connectivity index (χ3v) is 2.09. The molecule has 0 N–H and O–H groups in total. The molecule has 0 atom stereocenters. The summed E-state index contributed by atoms with van der Waals surface area (Å²) in [4.78, 5) is 5.39. The number of hydrogen-bond acceptors (Lipinski definition) is 2. The van der Waals surface area contributed by atoms with Crippen LogP contribution in [0.25, 0.3) is 4.98 Å². The zero-order chi connectivity index (χ0) is 9.68. The second-order valence-electron chi connectivity index (χ2n) is 2.76.